The largest absolute Gasteiger partial charge is 0.292 e. The van der Waals surface area contributed by atoms with E-state index in [0.29, 0.717) is 17.0 Å². The third-order valence-corrected chi connectivity index (χ3v) is 10.2. The first-order valence-electron chi connectivity index (χ1n) is 27.1. The molecule has 57 heavy (non-hydrogen) atoms. The Hall–Kier alpha value is -7.55. The van der Waals surface area contributed by atoms with E-state index >= 15 is 0 Å². The van der Waals surface area contributed by atoms with Gasteiger partial charge in [0.25, 0.3) is 0 Å². The summed E-state index contributed by atoms with van der Waals surface area (Å²) in [6.07, 6.45) is 0. The number of para-hydroxylation sites is 2. The zero-order chi connectivity index (χ0) is 53.4. The van der Waals surface area contributed by atoms with Crippen LogP contribution in [-0.2, 0) is 0 Å². The quantitative estimate of drug-likeness (QED) is 0.155. The zero-order valence-electron chi connectivity index (χ0n) is 47.8. The molecule has 0 fully saturated rings. The van der Waals surface area contributed by atoms with E-state index in [0.717, 1.165) is 27.5 Å². The monoisotopic (exact) mass is 742 g/mol. The van der Waals surface area contributed by atoms with Gasteiger partial charge < -0.3 is 0 Å². The molecule has 11 aromatic rings. The molecule has 1 heterocycles. The molecule has 0 spiro atoms. The van der Waals surface area contributed by atoms with Crippen LogP contribution in [0.15, 0.2) is 218 Å². The molecule has 0 aliphatic carbocycles. The molecule has 2 nitrogen and oxygen atoms in total. The SMILES string of the molecule is [2H]c1c([2H])c([2H])c(-c2cc(-c3c([2H])c([2H])c([2H])c([2H])c3[2H])cc(-c3c4c([2H])c([2H])c([2H])c([2H])c4c(-c4ccc(-c5nc6ccccc6n5-c5ccc6ccccc6c5)cc4)c4c([2H])c([2H])c([2H])c([2H])c34)c2)c([2H])c1[2H]. The van der Waals surface area contributed by atoms with Crippen molar-refractivity contribution in [3.8, 4) is 61.6 Å². The Bertz CT molecular complexity index is 4110. The second-order valence-electron chi connectivity index (χ2n) is 13.4. The topological polar surface area (TPSA) is 17.8 Å². The second kappa shape index (κ2) is 13.6. The predicted molar refractivity (Wildman–Crippen MR) is 241 cm³/mol. The lowest BCUT2D eigenvalue weighted by Crippen LogP contribution is -1.98. The van der Waals surface area contributed by atoms with Gasteiger partial charge in [-0.2, -0.15) is 0 Å². The van der Waals surface area contributed by atoms with E-state index in [4.69, 9.17) is 24.2 Å². The van der Waals surface area contributed by atoms with Gasteiger partial charge in [0.15, 0.2) is 0 Å². The van der Waals surface area contributed by atoms with Gasteiger partial charge in [-0.1, -0.05) is 175 Å². The third-order valence-electron chi connectivity index (χ3n) is 10.2. The Morgan fingerprint density at radius 2 is 0.860 bits per heavy atom. The van der Waals surface area contributed by atoms with Crippen molar-refractivity contribution in [1.82, 2.24) is 9.55 Å². The number of rotatable bonds is 6. The van der Waals surface area contributed by atoms with Crippen LogP contribution in [0.3, 0.4) is 0 Å². The maximum Gasteiger partial charge on any atom is 0.145 e. The summed E-state index contributed by atoms with van der Waals surface area (Å²) in [5.41, 5.74) is 2.08. The number of hydrogen-bond acceptors (Lipinski definition) is 1. The zero-order valence-corrected chi connectivity index (χ0v) is 29.8. The summed E-state index contributed by atoms with van der Waals surface area (Å²) >= 11 is 0. The van der Waals surface area contributed by atoms with Gasteiger partial charge in [-0.3, -0.25) is 4.57 Å². The van der Waals surface area contributed by atoms with Crippen molar-refractivity contribution < 1.29 is 24.7 Å². The van der Waals surface area contributed by atoms with Gasteiger partial charge in [0.2, 0.25) is 0 Å². The Morgan fingerprint density at radius 1 is 0.368 bits per heavy atom. The molecule has 0 saturated heterocycles. The highest BCUT2D eigenvalue weighted by Crippen LogP contribution is 2.45. The first-order valence-corrected chi connectivity index (χ1v) is 18.1. The summed E-state index contributed by atoms with van der Waals surface area (Å²) in [6, 6.07) is 20.7. The van der Waals surface area contributed by atoms with Crippen LogP contribution >= 0.6 is 0 Å². The Balaban J connectivity index is 1.26. The van der Waals surface area contributed by atoms with E-state index in [1.54, 1.807) is 24.3 Å². The van der Waals surface area contributed by atoms with Gasteiger partial charge in [0.05, 0.1) is 35.7 Å². The van der Waals surface area contributed by atoms with Gasteiger partial charge in [-0.25, -0.2) is 4.98 Å². The molecule has 0 saturated carbocycles. The highest BCUT2D eigenvalue weighted by molar-refractivity contribution is 6.21. The van der Waals surface area contributed by atoms with E-state index < -0.39 is 109 Å². The molecular weight excluding hydrogens is 689 g/mol. The molecule has 0 radical (unpaired) electrons. The minimum Gasteiger partial charge on any atom is -0.292 e. The molecule has 0 amide bonds. The normalized spacial score (nSPS) is 15.9. The Kier molecular flexibility index (Phi) is 4.63. The molecular formula is C55H36N2. The maximum absolute atomic E-state index is 9.60. The summed E-state index contributed by atoms with van der Waals surface area (Å²) in [4.78, 5) is 5.04. The fraction of sp³-hybridized carbons (Fsp3) is 0. The summed E-state index contributed by atoms with van der Waals surface area (Å²) in [7, 11) is 0. The van der Waals surface area contributed by atoms with Crippen molar-refractivity contribution in [2.75, 3.05) is 0 Å². The number of aromatic nitrogens is 2. The summed E-state index contributed by atoms with van der Waals surface area (Å²) in [5.74, 6) is 0.570. The van der Waals surface area contributed by atoms with Crippen molar-refractivity contribution >= 4 is 43.4 Å². The number of fused-ring (bicyclic) bond motifs is 4. The van der Waals surface area contributed by atoms with Crippen molar-refractivity contribution in [3.05, 3.63) is 218 Å². The first kappa shape index (κ1) is 19.4. The predicted octanol–water partition coefficient (Wildman–Crippen LogP) is 14.8. The lowest BCUT2D eigenvalue weighted by molar-refractivity contribution is 1.11. The molecule has 0 atom stereocenters. The molecule has 266 valence electrons. The lowest BCUT2D eigenvalue weighted by Gasteiger charge is -2.19. The van der Waals surface area contributed by atoms with Crippen LogP contribution in [0, 0.1) is 0 Å². The molecule has 11 rings (SSSR count). The van der Waals surface area contributed by atoms with E-state index in [-0.39, 0.29) is 60.5 Å². The van der Waals surface area contributed by atoms with Gasteiger partial charge in [-0.15, -0.1) is 0 Å². The molecule has 10 aromatic carbocycles. The van der Waals surface area contributed by atoms with Crippen LogP contribution in [0.25, 0.3) is 105 Å². The molecule has 0 bridgehead atoms. The maximum atomic E-state index is 9.60. The standard InChI is InChI=1S/C55H36N2/c1-3-15-37(16-4-1)43-33-44(38-17-5-2-6-18-38)35-45(34-43)54-49-23-11-9-21-47(49)53(48-22-10-12-24-50(48)54)40-27-29-41(30-28-40)55-56-51-25-13-14-26-52(51)57(55)46-32-31-39-19-7-8-20-42(39)36-46/h1-36H/i1D,2D,3D,4D,5D,6D,9D,10D,11D,12D,15D,16D,17D,18D,21D,22D,23D,24D. The van der Waals surface area contributed by atoms with Crippen LogP contribution in [0.1, 0.15) is 24.7 Å². The number of benzene rings is 10. The van der Waals surface area contributed by atoms with Gasteiger partial charge in [0, 0.05) is 11.3 Å². The summed E-state index contributed by atoms with van der Waals surface area (Å²) in [6.45, 7) is 0. The number of nitrogens with zero attached hydrogens (tertiary/aromatic N) is 2. The molecule has 1 aromatic heterocycles. The van der Waals surface area contributed by atoms with Crippen LogP contribution in [0.4, 0.5) is 0 Å². The van der Waals surface area contributed by atoms with Crippen molar-refractivity contribution in [2.45, 2.75) is 0 Å². The first-order chi connectivity index (χ1) is 35.7. The minimum atomic E-state index is -0.707. The Labute approximate surface area is 356 Å². The fourth-order valence-electron chi connectivity index (χ4n) is 7.63. The average Bonchev–Trinajstić information content (AvgIpc) is 3.82. The molecule has 0 aliphatic rings. The van der Waals surface area contributed by atoms with E-state index in [9.17, 15) is 5.48 Å². The molecule has 0 unspecified atom stereocenters. The minimum absolute atomic E-state index is 0.0324. The lowest BCUT2D eigenvalue weighted by atomic mass is 9.84. The smallest absolute Gasteiger partial charge is 0.145 e. The van der Waals surface area contributed by atoms with Gasteiger partial charge in [-0.05, 0) is 119 Å². The number of imidazole rings is 1. The fourth-order valence-corrected chi connectivity index (χ4v) is 7.63. The van der Waals surface area contributed by atoms with E-state index in [2.05, 4.69) is 6.07 Å². The van der Waals surface area contributed by atoms with Crippen molar-refractivity contribution in [2.24, 2.45) is 0 Å². The number of hydrogen-bond donors (Lipinski definition) is 0. The van der Waals surface area contributed by atoms with Crippen molar-refractivity contribution in [3.63, 3.8) is 0 Å². The van der Waals surface area contributed by atoms with E-state index in [1.165, 1.54) is 18.2 Å². The summed E-state index contributed by atoms with van der Waals surface area (Å²) < 4.78 is 163. The van der Waals surface area contributed by atoms with Crippen LogP contribution in [-0.4, -0.2) is 9.55 Å². The Morgan fingerprint density at radius 3 is 1.47 bits per heavy atom. The highest BCUT2D eigenvalue weighted by atomic mass is 15.1. The second-order valence-corrected chi connectivity index (χ2v) is 13.4. The van der Waals surface area contributed by atoms with Gasteiger partial charge >= 0.3 is 0 Å². The molecule has 2 heteroatoms. The van der Waals surface area contributed by atoms with Crippen LogP contribution in [0.5, 0.6) is 0 Å². The van der Waals surface area contributed by atoms with Crippen LogP contribution < -0.4 is 0 Å². The average molecular weight is 743 g/mol. The van der Waals surface area contributed by atoms with Crippen LogP contribution in [0.2, 0.25) is 0 Å². The third kappa shape index (κ3) is 5.70. The molecule has 0 N–H and O–H groups in total. The summed E-state index contributed by atoms with van der Waals surface area (Å²) in [5, 5.41) is 1.32. The van der Waals surface area contributed by atoms with E-state index in [1.807, 2.05) is 65.2 Å². The highest BCUT2D eigenvalue weighted by Gasteiger charge is 2.19. The van der Waals surface area contributed by atoms with Gasteiger partial charge in [0.1, 0.15) is 5.82 Å². The molecule has 0 aliphatic heterocycles. The van der Waals surface area contributed by atoms with Crippen molar-refractivity contribution in [1.29, 1.82) is 0 Å².